The number of amides is 1. The molecule has 0 saturated carbocycles. The maximum Gasteiger partial charge on any atom is 0.253 e. The number of carbonyl (C=O) groups is 1. The van der Waals surface area contributed by atoms with E-state index in [1.165, 1.54) is 12.1 Å². The van der Waals surface area contributed by atoms with Crippen LogP contribution in [0, 0.1) is 0 Å². The van der Waals surface area contributed by atoms with Gasteiger partial charge in [-0.3, -0.25) is 9.20 Å². The van der Waals surface area contributed by atoms with Crippen LogP contribution < -0.4 is 16.4 Å². The molecule has 0 radical (unpaired) electrons. The third kappa shape index (κ3) is 4.85. The SMILES string of the molecule is CC(C)(C)Nc1c(-c2ccc(N)cc2)nc2ccc(C(=O)NCc3ccc(O)c(O)c3)cn12. The molecule has 0 saturated heterocycles. The molecule has 4 aromatic rings. The van der Waals surface area contributed by atoms with Crippen LogP contribution in [0.3, 0.4) is 0 Å². The number of nitrogens with zero attached hydrogens (tertiary/aromatic N) is 2. The van der Waals surface area contributed by atoms with E-state index in [1.807, 2.05) is 28.7 Å². The first kappa shape index (κ1) is 22.0. The number of pyridine rings is 1. The Morgan fingerprint density at radius 2 is 1.76 bits per heavy atom. The van der Waals surface area contributed by atoms with Gasteiger partial charge in [-0.1, -0.05) is 18.2 Å². The molecule has 0 bridgehead atoms. The zero-order valence-corrected chi connectivity index (χ0v) is 18.8. The lowest BCUT2D eigenvalue weighted by atomic mass is 10.1. The molecule has 2 aromatic carbocycles. The van der Waals surface area contributed by atoms with Crippen molar-refractivity contribution in [1.82, 2.24) is 14.7 Å². The summed E-state index contributed by atoms with van der Waals surface area (Å²) in [7, 11) is 0. The number of benzene rings is 2. The van der Waals surface area contributed by atoms with E-state index in [0.717, 1.165) is 17.1 Å². The second-order valence-electron chi connectivity index (χ2n) is 8.96. The predicted octanol–water partition coefficient (Wildman–Crippen LogP) is 4.14. The molecule has 2 aromatic heterocycles. The lowest BCUT2D eigenvalue weighted by Gasteiger charge is -2.22. The van der Waals surface area contributed by atoms with E-state index in [9.17, 15) is 15.0 Å². The van der Waals surface area contributed by atoms with Crippen molar-refractivity contribution in [2.24, 2.45) is 0 Å². The van der Waals surface area contributed by atoms with Gasteiger partial charge >= 0.3 is 0 Å². The summed E-state index contributed by atoms with van der Waals surface area (Å²) < 4.78 is 1.87. The number of aromatic hydroxyl groups is 2. The number of nitrogens with one attached hydrogen (secondary N) is 2. The number of imidazole rings is 1. The summed E-state index contributed by atoms with van der Waals surface area (Å²) in [5.41, 5.74) is 9.80. The van der Waals surface area contributed by atoms with Gasteiger partial charge in [-0.2, -0.15) is 0 Å². The zero-order chi connectivity index (χ0) is 23.8. The third-order valence-electron chi connectivity index (χ3n) is 5.05. The molecule has 0 aliphatic rings. The van der Waals surface area contributed by atoms with E-state index in [2.05, 4.69) is 31.4 Å². The van der Waals surface area contributed by atoms with Crippen LogP contribution in [0.25, 0.3) is 16.9 Å². The average molecular weight is 446 g/mol. The van der Waals surface area contributed by atoms with Gasteiger partial charge in [0.15, 0.2) is 11.5 Å². The summed E-state index contributed by atoms with van der Waals surface area (Å²) in [5.74, 6) is 0.0791. The summed E-state index contributed by atoms with van der Waals surface area (Å²) in [6.45, 7) is 6.38. The maximum absolute atomic E-state index is 12.8. The Labute approximate surface area is 191 Å². The summed E-state index contributed by atoms with van der Waals surface area (Å²) in [5, 5.41) is 25.4. The highest BCUT2D eigenvalue weighted by molar-refractivity contribution is 5.94. The van der Waals surface area contributed by atoms with Crippen LogP contribution in [0.2, 0.25) is 0 Å². The van der Waals surface area contributed by atoms with Crippen molar-refractivity contribution >= 4 is 23.1 Å². The fourth-order valence-electron chi connectivity index (χ4n) is 3.46. The number of nitrogen functional groups attached to an aromatic ring is 1. The minimum absolute atomic E-state index is 0.202. The number of carbonyl (C=O) groups excluding carboxylic acids is 1. The van der Waals surface area contributed by atoms with Gasteiger partial charge in [-0.25, -0.2) is 4.98 Å². The number of hydrogen-bond donors (Lipinski definition) is 5. The van der Waals surface area contributed by atoms with Gasteiger partial charge in [0.25, 0.3) is 5.91 Å². The molecule has 0 aliphatic carbocycles. The molecule has 1 amide bonds. The Hall–Kier alpha value is -4.20. The number of hydrogen-bond acceptors (Lipinski definition) is 6. The Balaban J connectivity index is 1.67. The van der Waals surface area contributed by atoms with Gasteiger partial charge in [0.2, 0.25) is 0 Å². The van der Waals surface area contributed by atoms with Gasteiger partial charge in [0.05, 0.1) is 5.56 Å². The average Bonchev–Trinajstić information content (AvgIpc) is 3.11. The quantitative estimate of drug-likeness (QED) is 0.232. The molecule has 170 valence electrons. The van der Waals surface area contributed by atoms with Gasteiger partial charge in [0, 0.05) is 29.5 Å². The van der Waals surface area contributed by atoms with Gasteiger partial charge in [-0.15, -0.1) is 0 Å². The highest BCUT2D eigenvalue weighted by Gasteiger charge is 2.20. The Bertz CT molecular complexity index is 1320. The predicted molar refractivity (Wildman–Crippen MR) is 129 cm³/mol. The van der Waals surface area contributed by atoms with Crippen LogP contribution >= 0.6 is 0 Å². The summed E-state index contributed by atoms with van der Waals surface area (Å²) in [4.78, 5) is 17.6. The fraction of sp³-hybridized carbons (Fsp3) is 0.200. The van der Waals surface area contributed by atoms with E-state index in [-0.39, 0.29) is 29.5 Å². The molecule has 6 N–H and O–H groups in total. The van der Waals surface area contributed by atoms with Crippen LogP contribution in [0.15, 0.2) is 60.8 Å². The molecular formula is C25H27N5O3. The summed E-state index contributed by atoms with van der Waals surface area (Å²) >= 11 is 0. The third-order valence-corrected chi connectivity index (χ3v) is 5.05. The molecular weight excluding hydrogens is 418 g/mol. The highest BCUT2D eigenvalue weighted by atomic mass is 16.3. The first-order valence-electron chi connectivity index (χ1n) is 10.6. The van der Waals surface area contributed by atoms with Crippen LogP contribution in [0.1, 0.15) is 36.7 Å². The number of anilines is 2. The van der Waals surface area contributed by atoms with Crippen LogP contribution in [0.4, 0.5) is 11.5 Å². The number of phenols is 2. The van der Waals surface area contributed by atoms with Crippen LogP contribution in [0.5, 0.6) is 11.5 Å². The number of fused-ring (bicyclic) bond motifs is 1. The van der Waals surface area contributed by atoms with Crippen molar-refractivity contribution in [1.29, 1.82) is 0 Å². The standard InChI is InChI=1S/C25H27N5O3/c1-25(2,3)29-23-22(16-5-8-18(26)9-6-16)28-21-11-7-17(14-30(21)23)24(33)27-13-15-4-10-19(31)20(32)12-15/h4-12,14,29,31-32H,13,26H2,1-3H3,(H,27,33). The first-order chi connectivity index (χ1) is 15.6. The Kier molecular flexibility index (Phi) is 5.59. The normalized spacial score (nSPS) is 11.5. The van der Waals surface area contributed by atoms with Crippen molar-refractivity contribution in [3.8, 4) is 22.8 Å². The monoisotopic (exact) mass is 445 g/mol. The summed E-state index contributed by atoms with van der Waals surface area (Å²) in [6.07, 6.45) is 1.75. The van der Waals surface area contributed by atoms with Gasteiger partial charge in [0.1, 0.15) is 17.2 Å². The lowest BCUT2D eigenvalue weighted by Crippen LogP contribution is -2.27. The zero-order valence-electron chi connectivity index (χ0n) is 18.8. The second kappa shape index (κ2) is 8.38. The van der Waals surface area contributed by atoms with Crippen LogP contribution in [-0.4, -0.2) is 31.0 Å². The molecule has 0 aliphatic heterocycles. The van der Waals surface area contributed by atoms with Crippen molar-refractivity contribution in [3.63, 3.8) is 0 Å². The van der Waals surface area contributed by atoms with E-state index in [4.69, 9.17) is 10.7 Å². The fourth-order valence-corrected chi connectivity index (χ4v) is 3.46. The number of phenolic OH excluding ortho intramolecular Hbond substituents is 2. The molecule has 4 rings (SSSR count). The maximum atomic E-state index is 12.8. The van der Waals surface area contributed by atoms with E-state index in [1.54, 1.807) is 24.4 Å². The van der Waals surface area contributed by atoms with E-state index in [0.29, 0.717) is 22.5 Å². The summed E-state index contributed by atoms with van der Waals surface area (Å²) in [6, 6.07) is 15.5. The molecule has 0 atom stereocenters. The largest absolute Gasteiger partial charge is 0.504 e. The second-order valence-corrected chi connectivity index (χ2v) is 8.96. The Morgan fingerprint density at radius 3 is 2.42 bits per heavy atom. The minimum atomic E-state index is -0.270. The molecule has 33 heavy (non-hydrogen) atoms. The molecule has 0 spiro atoms. The van der Waals surface area contributed by atoms with Gasteiger partial charge < -0.3 is 26.6 Å². The minimum Gasteiger partial charge on any atom is -0.504 e. The number of nitrogens with two attached hydrogens (primary N) is 1. The van der Waals surface area contributed by atoms with Crippen molar-refractivity contribution in [2.75, 3.05) is 11.1 Å². The van der Waals surface area contributed by atoms with Crippen molar-refractivity contribution < 1.29 is 15.0 Å². The molecule has 0 fully saturated rings. The molecule has 0 unspecified atom stereocenters. The first-order valence-corrected chi connectivity index (χ1v) is 10.6. The van der Waals surface area contributed by atoms with Crippen molar-refractivity contribution in [2.45, 2.75) is 32.9 Å². The molecule has 2 heterocycles. The lowest BCUT2D eigenvalue weighted by molar-refractivity contribution is 0.0950. The van der Waals surface area contributed by atoms with E-state index >= 15 is 0 Å². The molecule has 8 heteroatoms. The highest BCUT2D eigenvalue weighted by Crippen LogP contribution is 2.31. The van der Waals surface area contributed by atoms with Crippen LogP contribution in [-0.2, 0) is 6.54 Å². The van der Waals surface area contributed by atoms with Crippen molar-refractivity contribution in [3.05, 3.63) is 71.9 Å². The number of rotatable bonds is 5. The topological polar surface area (TPSA) is 125 Å². The smallest absolute Gasteiger partial charge is 0.253 e. The van der Waals surface area contributed by atoms with Gasteiger partial charge in [-0.05, 0) is 62.7 Å². The Morgan fingerprint density at radius 1 is 1.03 bits per heavy atom. The van der Waals surface area contributed by atoms with E-state index < -0.39 is 0 Å². The molecule has 8 nitrogen and oxygen atoms in total. The number of aromatic nitrogens is 2.